The third kappa shape index (κ3) is 5.07. The highest BCUT2D eigenvalue weighted by Gasteiger charge is 2.14. The average molecular weight is 400 g/mol. The Balaban J connectivity index is 1.68. The first-order chi connectivity index (χ1) is 13.5. The van der Waals surface area contributed by atoms with E-state index in [0.29, 0.717) is 28.8 Å². The molecule has 0 radical (unpaired) electrons. The SMILES string of the molecule is CCNC(=O)Nc1cc(F)ccc1NC(=O)Cc1csc(-c2ncccn2)n1. The van der Waals surface area contributed by atoms with Crippen molar-refractivity contribution in [3.63, 3.8) is 0 Å². The summed E-state index contributed by atoms with van der Waals surface area (Å²) >= 11 is 1.34. The number of benzene rings is 1. The van der Waals surface area contributed by atoms with Crippen molar-refractivity contribution in [1.82, 2.24) is 20.3 Å². The van der Waals surface area contributed by atoms with Crippen LogP contribution in [0.15, 0.2) is 42.0 Å². The van der Waals surface area contributed by atoms with Gasteiger partial charge in [0.05, 0.1) is 23.5 Å². The van der Waals surface area contributed by atoms with Gasteiger partial charge in [-0.3, -0.25) is 4.79 Å². The lowest BCUT2D eigenvalue weighted by Gasteiger charge is -2.12. The first kappa shape index (κ1) is 19.4. The van der Waals surface area contributed by atoms with Gasteiger partial charge in [-0.15, -0.1) is 11.3 Å². The van der Waals surface area contributed by atoms with Crippen LogP contribution in [0, 0.1) is 5.82 Å². The van der Waals surface area contributed by atoms with Crippen LogP contribution in [0.25, 0.3) is 10.8 Å². The highest BCUT2D eigenvalue weighted by molar-refractivity contribution is 7.13. The fourth-order valence-corrected chi connectivity index (χ4v) is 3.08. The van der Waals surface area contributed by atoms with Gasteiger partial charge in [-0.2, -0.15) is 0 Å². The number of hydrogen-bond donors (Lipinski definition) is 3. The van der Waals surface area contributed by atoms with E-state index in [4.69, 9.17) is 0 Å². The van der Waals surface area contributed by atoms with Gasteiger partial charge in [0.2, 0.25) is 5.91 Å². The summed E-state index contributed by atoms with van der Waals surface area (Å²) < 4.78 is 13.5. The molecule has 1 aromatic carbocycles. The molecule has 2 heterocycles. The summed E-state index contributed by atoms with van der Waals surface area (Å²) in [7, 11) is 0. The van der Waals surface area contributed by atoms with Gasteiger partial charge in [-0.1, -0.05) is 0 Å². The maximum atomic E-state index is 13.5. The first-order valence-electron chi connectivity index (χ1n) is 8.41. The Morgan fingerprint density at radius 1 is 1.14 bits per heavy atom. The number of carbonyl (C=O) groups excluding carboxylic acids is 2. The lowest BCUT2D eigenvalue weighted by atomic mass is 10.2. The van der Waals surface area contributed by atoms with Crippen molar-refractivity contribution in [1.29, 1.82) is 0 Å². The second-order valence-electron chi connectivity index (χ2n) is 5.62. The molecule has 0 bridgehead atoms. The van der Waals surface area contributed by atoms with Crippen molar-refractivity contribution in [2.75, 3.05) is 17.2 Å². The van der Waals surface area contributed by atoms with E-state index in [1.165, 1.54) is 23.5 Å². The lowest BCUT2D eigenvalue weighted by Crippen LogP contribution is -2.29. The minimum Gasteiger partial charge on any atom is -0.338 e. The highest BCUT2D eigenvalue weighted by Crippen LogP contribution is 2.24. The molecule has 28 heavy (non-hydrogen) atoms. The van der Waals surface area contributed by atoms with Crippen molar-refractivity contribution in [2.24, 2.45) is 0 Å². The fraction of sp³-hybridized carbons (Fsp3) is 0.167. The summed E-state index contributed by atoms with van der Waals surface area (Å²) in [6.07, 6.45) is 3.25. The van der Waals surface area contributed by atoms with Crippen molar-refractivity contribution in [3.05, 3.63) is 53.6 Å². The van der Waals surface area contributed by atoms with Crippen LogP contribution in [0.2, 0.25) is 0 Å². The monoisotopic (exact) mass is 400 g/mol. The van der Waals surface area contributed by atoms with E-state index < -0.39 is 11.8 Å². The Hall–Kier alpha value is -3.40. The Bertz CT molecular complexity index is 979. The van der Waals surface area contributed by atoms with Gasteiger partial charge in [-0.25, -0.2) is 24.1 Å². The van der Waals surface area contributed by atoms with Gasteiger partial charge in [0, 0.05) is 24.3 Å². The summed E-state index contributed by atoms with van der Waals surface area (Å²) in [5, 5.41) is 10.1. The normalized spacial score (nSPS) is 10.4. The number of halogens is 1. The number of thiazole rings is 1. The summed E-state index contributed by atoms with van der Waals surface area (Å²) in [5.41, 5.74) is 1.01. The molecule has 0 spiro atoms. The van der Waals surface area contributed by atoms with Crippen molar-refractivity contribution in [3.8, 4) is 10.8 Å². The van der Waals surface area contributed by atoms with E-state index >= 15 is 0 Å². The van der Waals surface area contributed by atoms with Crippen molar-refractivity contribution >= 4 is 34.6 Å². The van der Waals surface area contributed by atoms with Gasteiger partial charge in [-0.05, 0) is 31.2 Å². The number of nitrogens with one attached hydrogen (secondary N) is 3. The Kier molecular flexibility index (Phi) is 6.22. The molecule has 3 amide bonds. The Labute approximate surface area is 164 Å². The summed E-state index contributed by atoms with van der Waals surface area (Å²) in [5.74, 6) is -0.390. The topological polar surface area (TPSA) is 109 Å². The number of anilines is 2. The molecule has 3 rings (SSSR count). The van der Waals surface area contributed by atoms with Gasteiger partial charge in [0.25, 0.3) is 0 Å². The Morgan fingerprint density at radius 2 is 1.93 bits per heavy atom. The molecule has 0 atom stereocenters. The summed E-state index contributed by atoms with van der Waals surface area (Å²) in [6, 6.07) is 4.94. The van der Waals surface area contributed by atoms with E-state index in [1.54, 1.807) is 30.8 Å². The van der Waals surface area contributed by atoms with Crippen LogP contribution in [0.3, 0.4) is 0 Å². The molecule has 0 saturated heterocycles. The summed E-state index contributed by atoms with van der Waals surface area (Å²) in [6.45, 7) is 2.18. The molecule has 0 aliphatic carbocycles. The standard InChI is InChI=1S/C18H17FN6O2S/c1-2-20-18(27)25-14-8-11(19)4-5-13(14)24-15(26)9-12-10-28-17(23-12)16-21-6-3-7-22-16/h3-8,10H,2,9H2,1H3,(H,24,26)(H2,20,25,27). The van der Waals surface area contributed by atoms with Gasteiger partial charge in [0.15, 0.2) is 10.8 Å². The molecule has 0 fully saturated rings. The molecule has 144 valence electrons. The molecule has 0 aliphatic heterocycles. The number of hydrogen-bond acceptors (Lipinski definition) is 6. The molecular formula is C18H17FN6O2S. The van der Waals surface area contributed by atoms with Crippen LogP contribution in [-0.4, -0.2) is 33.4 Å². The first-order valence-corrected chi connectivity index (χ1v) is 9.29. The van der Waals surface area contributed by atoms with E-state index in [9.17, 15) is 14.0 Å². The maximum absolute atomic E-state index is 13.5. The van der Waals surface area contributed by atoms with Crippen LogP contribution in [0.5, 0.6) is 0 Å². The lowest BCUT2D eigenvalue weighted by molar-refractivity contribution is -0.115. The highest BCUT2D eigenvalue weighted by atomic mass is 32.1. The average Bonchev–Trinajstić information content (AvgIpc) is 3.13. The van der Waals surface area contributed by atoms with Crippen LogP contribution in [0.1, 0.15) is 12.6 Å². The molecule has 8 nitrogen and oxygen atoms in total. The predicted molar refractivity (Wildman–Crippen MR) is 105 cm³/mol. The number of carbonyl (C=O) groups is 2. The largest absolute Gasteiger partial charge is 0.338 e. The quantitative estimate of drug-likeness (QED) is 0.589. The van der Waals surface area contributed by atoms with E-state index in [2.05, 4.69) is 30.9 Å². The fourth-order valence-electron chi connectivity index (χ4n) is 2.32. The number of amides is 3. The van der Waals surface area contributed by atoms with Crippen LogP contribution < -0.4 is 16.0 Å². The molecule has 10 heteroatoms. The van der Waals surface area contributed by atoms with Crippen molar-refractivity contribution in [2.45, 2.75) is 13.3 Å². The zero-order chi connectivity index (χ0) is 19.9. The number of rotatable bonds is 6. The maximum Gasteiger partial charge on any atom is 0.319 e. The van der Waals surface area contributed by atoms with E-state index in [1.807, 2.05) is 0 Å². The number of urea groups is 1. The minimum absolute atomic E-state index is 0.0152. The van der Waals surface area contributed by atoms with Gasteiger partial charge in [0.1, 0.15) is 5.82 Å². The number of aromatic nitrogens is 3. The molecule has 2 aromatic heterocycles. The van der Waals surface area contributed by atoms with E-state index in [0.717, 1.165) is 6.07 Å². The summed E-state index contributed by atoms with van der Waals surface area (Å²) in [4.78, 5) is 36.7. The van der Waals surface area contributed by atoms with Crippen LogP contribution in [-0.2, 0) is 11.2 Å². The Morgan fingerprint density at radius 3 is 2.68 bits per heavy atom. The van der Waals surface area contributed by atoms with Gasteiger partial charge < -0.3 is 16.0 Å². The third-order valence-electron chi connectivity index (χ3n) is 3.49. The van der Waals surface area contributed by atoms with Gasteiger partial charge >= 0.3 is 6.03 Å². The van der Waals surface area contributed by atoms with E-state index in [-0.39, 0.29) is 18.0 Å². The van der Waals surface area contributed by atoms with Crippen molar-refractivity contribution < 1.29 is 14.0 Å². The molecule has 0 saturated carbocycles. The zero-order valence-corrected chi connectivity index (χ0v) is 15.7. The molecular weight excluding hydrogens is 383 g/mol. The second kappa shape index (κ2) is 9.00. The molecule has 3 N–H and O–H groups in total. The molecule has 0 aliphatic rings. The second-order valence-corrected chi connectivity index (χ2v) is 6.47. The number of nitrogens with zero attached hydrogens (tertiary/aromatic N) is 3. The van der Waals surface area contributed by atoms with Crippen LogP contribution >= 0.6 is 11.3 Å². The third-order valence-corrected chi connectivity index (χ3v) is 4.38. The molecule has 3 aromatic rings. The predicted octanol–water partition coefficient (Wildman–Crippen LogP) is 3.06. The smallest absolute Gasteiger partial charge is 0.319 e. The van der Waals surface area contributed by atoms with Crippen LogP contribution in [0.4, 0.5) is 20.6 Å². The minimum atomic E-state index is -0.531. The zero-order valence-electron chi connectivity index (χ0n) is 14.9. The molecule has 0 unspecified atom stereocenters.